The molecule has 120 valence electrons. The molecule has 0 spiro atoms. The van der Waals surface area contributed by atoms with Crippen LogP contribution in [-0.2, 0) is 0 Å². The first-order chi connectivity index (χ1) is 11.2. The maximum atomic E-state index is 13.5. The highest BCUT2D eigenvalue weighted by Gasteiger charge is 2.39. The van der Waals surface area contributed by atoms with Crippen molar-refractivity contribution >= 4 is 5.91 Å². The predicted molar refractivity (Wildman–Crippen MR) is 81.0 cm³/mol. The molecule has 2 bridgehead atoms. The van der Waals surface area contributed by atoms with E-state index in [-0.39, 0.29) is 29.4 Å². The summed E-state index contributed by atoms with van der Waals surface area (Å²) in [6.07, 6.45) is 3.23. The molecule has 3 atom stereocenters. The Morgan fingerprint density at radius 3 is 2.87 bits per heavy atom. The average Bonchev–Trinajstić information content (AvgIpc) is 3.26. The number of fused-ring (bicyclic) bond motifs is 2. The van der Waals surface area contributed by atoms with Gasteiger partial charge in [-0.1, -0.05) is 12.1 Å². The Kier molecular flexibility index (Phi) is 3.53. The fourth-order valence-corrected chi connectivity index (χ4v) is 3.36. The van der Waals surface area contributed by atoms with Crippen molar-refractivity contribution in [1.29, 1.82) is 0 Å². The molecule has 0 radical (unpaired) electrons. The molecule has 5 nitrogen and oxygen atoms in total. The third-order valence-electron chi connectivity index (χ3n) is 4.47. The number of carbonyl (C=O) groups excluding carboxylic acids is 1. The zero-order chi connectivity index (χ0) is 15.8. The van der Waals surface area contributed by atoms with E-state index in [0.717, 1.165) is 12.8 Å². The van der Waals surface area contributed by atoms with Crippen LogP contribution in [0.2, 0.25) is 0 Å². The van der Waals surface area contributed by atoms with Crippen LogP contribution < -0.4 is 15.4 Å². The molecule has 2 aliphatic rings. The van der Waals surface area contributed by atoms with Crippen molar-refractivity contribution in [2.75, 3.05) is 0 Å². The van der Waals surface area contributed by atoms with Gasteiger partial charge in [0.25, 0.3) is 11.9 Å². The number of rotatable bonds is 4. The molecule has 0 saturated carbocycles. The Balaban J connectivity index is 1.41. The second kappa shape index (κ2) is 5.70. The number of carbonyl (C=O) groups is 1. The first-order valence-corrected chi connectivity index (χ1v) is 7.78. The second-order valence-corrected chi connectivity index (χ2v) is 6.01. The first-order valence-electron chi connectivity index (χ1n) is 7.78. The molecule has 2 saturated heterocycles. The van der Waals surface area contributed by atoms with E-state index < -0.39 is 5.82 Å². The summed E-state index contributed by atoms with van der Waals surface area (Å²) in [6.45, 7) is 0. The number of nitrogens with one attached hydrogen (secondary N) is 2. The lowest BCUT2D eigenvalue weighted by atomic mass is 9.95. The third-order valence-corrected chi connectivity index (χ3v) is 4.47. The molecule has 1 aromatic heterocycles. The van der Waals surface area contributed by atoms with E-state index in [1.54, 1.807) is 12.1 Å². The van der Waals surface area contributed by atoms with Crippen LogP contribution in [0.5, 0.6) is 11.7 Å². The van der Waals surface area contributed by atoms with E-state index in [9.17, 15) is 9.18 Å². The summed E-state index contributed by atoms with van der Waals surface area (Å²) in [6, 6.07) is 10.1. The van der Waals surface area contributed by atoms with Crippen molar-refractivity contribution in [3.05, 3.63) is 48.0 Å². The molecule has 1 aromatic carbocycles. The highest BCUT2D eigenvalue weighted by Crippen LogP contribution is 2.29. The number of para-hydroxylation sites is 1. The minimum atomic E-state index is -0.483. The van der Waals surface area contributed by atoms with Gasteiger partial charge in [-0.3, -0.25) is 4.79 Å². The predicted octanol–water partition coefficient (Wildman–Crippen LogP) is 2.83. The van der Waals surface area contributed by atoms with Gasteiger partial charge in [-0.15, -0.1) is 0 Å². The average molecular weight is 316 g/mol. The Labute approximate surface area is 132 Å². The zero-order valence-corrected chi connectivity index (χ0v) is 12.4. The molecule has 1 amide bonds. The van der Waals surface area contributed by atoms with Crippen molar-refractivity contribution in [2.45, 2.75) is 37.4 Å². The van der Waals surface area contributed by atoms with Gasteiger partial charge in [-0.2, -0.15) is 0 Å². The molecule has 2 fully saturated rings. The first kappa shape index (κ1) is 14.3. The van der Waals surface area contributed by atoms with Crippen LogP contribution in [-0.4, -0.2) is 24.0 Å². The Hall–Kier alpha value is -2.34. The van der Waals surface area contributed by atoms with Crippen molar-refractivity contribution in [3.8, 4) is 11.7 Å². The quantitative estimate of drug-likeness (QED) is 0.910. The van der Waals surface area contributed by atoms with Gasteiger partial charge < -0.3 is 19.8 Å². The normalized spacial score (nSPS) is 25.5. The van der Waals surface area contributed by atoms with Crippen molar-refractivity contribution in [3.63, 3.8) is 0 Å². The number of halogens is 1. The van der Waals surface area contributed by atoms with E-state index in [1.165, 1.54) is 30.7 Å². The number of hydrogen-bond donors (Lipinski definition) is 2. The van der Waals surface area contributed by atoms with Crippen LogP contribution in [0.15, 0.2) is 40.8 Å². The third kappa shape index (κ3) is 2.82. The van der Waals surface area contributed by atoms with Crippen LogP contribution in [0.25, 0.3) is 0 Å². The van der Waals surface area contributed by atoms with Crippen molar-refractivity contribution < 1.29 is 18.3 Å². The topological polar surface area (TPSA) is 63.5 Å². The van der Waals surface area contributed by atoms with Gasteiger partial charge in [-0.25, -0.2) is 4.39 Å². The van der Waals surface area contributed by atoms with Crippen LogP contribution in [0.4, 0.5) is 4.39 Å². The van der Waals surface area contributed by atoms with Crippen molar-refractivity contribution in [1.82, 2.24) is 10.6 Å². The van der Waals surface area contributed by atoms with E-state index >= 15 is 0 Å². The van der Waals surface area contributed by atoms with Crippen molar-refractivity contribution in [2.24, 2.45) is 0 Å². The van der Waals surface area contributed by atoms with Gasteiger partial charge in [0, 0.05) is 24.2 Å². The molecule has 23 heavy (non-hydrogen) atoms. The number of ether oxygens (including phenoxy) is 1. The minimum Gasteiger partial charge on any atom is -0.423 e. The summed E-state index contributed by atoms with van der Waals surface area (Å²) < 4.78 is 24.2. The Bertz CT molecular complexity index is 730. The summed E-state index contributed by atoms with van der Waals surface area (Å²) >= 11 is 0. The van der Waals surface area contributed by atoms with Gasteiger partial charge in [0.15, 0.2) is 17.3 Å². The van der Waals surface area contributed by atoms with Gasteiger partial charge >= 0.3 is 0 Å². The Morgan fingerprint density at radius 1 is 1.26 bits per heavy atom. The van der Waals surface area contributed by atoms with Gasteiger partial charge in [0.2, 0.25) is 0 Å². The summed E-state index contributed by atoms with van der Waals surface area (Å²) in [5.41, 5.74) is 0. The summed E-state index contributed by atoms with van der Waals surface area (Å²) in [4.78, 5) is 12.2. The highest BCUT2D eigenvalue weighted by molar-refractivity contribution is 5.91. The molecule has 3 heterocycles. The summed E-state index contributed by atoms with van der Waals surface area (Å²) in [5, 5.41) is 6.46. The van der Waals surface area contributed by atoms with Crippen LogP contribution in [0.3, 0.4) is 0 Å². The molecule has 0 aliphatic carbocycles. The largest absolute Gasteiger partial charge is 0.423 e. The van der Waals surface area contributed by atoms with E-state index in [0.29, 0.717) is 12.1 Å². The molecule has 0 unspecified atom stereocenters. The SMILES string of the molecule is O=C(N[C@@H]1C[C@H]2CC[C@@H]1N2)c1ccc(Oc2ccccc2F)o1. The van der Waals surface area contributed by atoms with E-state index in [2.05, 4.69) is 10.6 Å². The summed E-state index contributed by atoms with van der Waals surface area (Å²) in [7, 11) is 0. The Morgan fingerprint density at radius 2 is 2.13 bits per heavy atom. The lowest BCUT2D eigenvalue weighted by molar-refractivity contribution is 0.0897. The molecule has 2 aliphatic heterocycles. The smallest absolute Gasteiger partial charge is 0.290 e. The monoisotopic (exact) mass is 316 g/mol. The molecule has 2 aromatic rings. The summed E-state index contributed by atoms with van der Waals surface area (Å²) in [5.74, 6) is -0.438. The molecular weight excluding hydrogens is 299 g/mol. The van der Waals surface area contributed by atoms with Crippen LogP contribution in [0, 0.1) is 5.82 Å². The van der Waals surface area contributed by atoms with E-state index in [4.69, 9.17) is 9.15 Å². The van der Waals surface area contributed by atoms with E-state index in [1.807, 2.05) is 0 Å². The lowest BCUT2D eigenvalue weighted by Gasteiger charge is -2.20. The number of hydrogen-bond acceptors (Lipinski definition) is 4. The standard InChI is InChI=1S/C17H17FN2O3/c18-11-3-1-2-4-14(11)22-16-8-7-15(23-16)17(21)20-13-9-10-5-6-12(13)19-10/h1-4,7-8,10,12-13,19H,5-6,9H2,(H,20,21)/t10-,12+,13-/m1/s1. The number of benzene rings is 1. The number of furan rings is 1. The fraction of sp³-hybridized carbons (Fsp3) is 0.353. The molecule has 6 heteroatoms. The maximum Gasteiger partial charge on any atom is 0.290 e. The zero-order valence-electron chi connectivity index (χ0n) is 12.4. The maximum absolute atomic E-state index is 13.5. The minimum absolute atomic E-state index is 0.0612. The molecule has 2 N–H and O–H groups in total. The fourth-order valence-electron chi connectivity index (χ4n) is 3.36. The number of amides is 1. The van der Waals surface area contributed by atoms with Crippen LogP contribution in [0.1, 0.15) is 29.8 Å². The van der Waals surface area contributed by atoms with Crippen LogP contribution >= 0.6 is 0 Å². The lowest BCUT2D eigenvalue weighted by Crippen LogP contribution is -2.42. The highest BCUT2D eigenvalue weighted by atomic mass is 19.1. The van der Waals surface area contributed by atoms with Gasteiger partial charge in [0.05, 0.1) is 0 Å². The molecule has 4 rings (SSSR count). The van der Waals surface area contributed by atoms with Gasteiger partial charge in [0.1, 0.15) is 0 Å². The second-order valence-electron chi connectivity index (χ2n) is 6.01. The molecular formula is C17H17FN2O3. The van der Waals surface area contributed by atoms with Gasteiger partial charge in [-0.05, 0) is 37.5 Å².